The Morgan fingerprint density at radius 1 is 1.07 bits per heavy atom. The number of alkyl halides is 3. The molecule has 3 aromatic rings. The Morgan fingerprint density at radius 2 is 1.73 bits per heavy atom. The molecule has 0 aliphatic carbocycles. The van der Waals surface area contributed by atoms with Crippen LogP contribution in [-0.4, -0.2) is 82.8 Å². The van der Waals surface area contributed by atoms with E-state index < -0.39 is 17.4 Å². The van der Waals surface area contributed by atoms with E-state index >= 15 is 0 Å². The number of benzene rings is 2. The molecule has 5 rings (SSSR count). The lowest BCUT2D eigenvalue weighted by Gasteiger charge is -2.56. The van der Waals surface area contributed by atoms with Crippen LogP contribution in [0.5, 0.6) is 5.75 Å². The number of hydrogen-bond acceptors (Lipinski definition) is 8. The molecule has 9 nitrogen and oxygen atoms in total. The number of nitrogens with zero attached hydrogens (tertiary/aromatic N) is 4. The Hall–Kier alpha value is -3.48. The lowest BCUT2D eigenvalue weighted by atomic mass is 9.62. The van der Waals surface area contributed by atoms with Crippen molar-refractivity contribution in [3.8, 4) is 17.2 Å². The predicted molar refractivity (Wildman–Crippen MR) is 137 cm³/mol. The first-order valence-corrected chi connectivity index (χ1v) is 12.9. The minimum absolute atomic E-state index is 0.0789. The highest BCUT2D eigenvalue weighted by Crippen LogP contribution is 2.50. The molecule has 0 bridgehead atoms. The van der Waals surface area contributed by atoms with Gasteiger partial charge in [-0.2, -0.15) is 4.98 Å². The minimum Gasteiger partial charge on any atom is -0.406 e. The minimum atomic E-state index is -4.82. The maximum atomic E-state index is 13.0. The van der Waals surface area contributed by atoms with Gasteiger partial charge in [0.05, 0.1) is 12.2 Å². The van der Waals surface area contributed by atoms with Crippen molar-refractivity contribution < 1.29 is 37.1 Å². The highest BCUT2D eigenvalue weighted by molar-refractivity contribution is 5.90. The van der Waals surface area contributed by atoms with Gasteiger partial charge < -0.3 is 28.9 Å². The van der Waals surface area contributed by atoms with Gasteiger partial charge in [0.15, 0.2) is 0 Å². The van der Waals surface area contributed by atoms with Crippen LogP contribution >= 0.6 is 0 Å². The molecule has 2 aliphatic heterocycles. The monoisotopic (exact) mass is 560 g/mol. The van der Waals surface area contributed by atoms with Crippen molar-refractivity contribution >= 4 is 5.91 Å². The van der Waals surface area contributed by atoms with Gasteiger partial charge in [-0.1, -0.05) is 36.3 Å². The summed E-state index contributed by atoms with van der Waals surface area (Å²) in [5.74, 6) is -0.720. The number of morpholine rings is 1. The molecule has 12 heteroatoms. The second-order valence-corrected chi connectivity index (χ2v) is 11.0. The zero-order valence-corrected chi connectivity index (χ0v) is 22.6. The summed E-state index contributed by atoms with van der Waals surface area (Å²) in [7, 11) is 1.92. The summed E-state index contributed by atoms with van der Waals surface area (Å²) in [5, 5.41) is 16.2. The average Bonchev–Trinajstić information content (AvgIpc) is 3.36. The molecule has 1 N–H and O–H groups in total. The summed E-state index contributed by atoms with van der Waals surface area (Å²) in [5.41, 5.74) is -0.851. The van der Waals surface area contributed by atoms with E-state index in [1.54, 1.807) is 29.2 Å². The molecule has 1 aromatic heterocycles. The molecular formula is C28H31F3N4O5. The summed E-state index contributed by atoms with van der Waals surface area (Å²) in [6, 6.07) is 12.1. The molecule has 0 radical (unpaired) electrons. The predicted octanol–water partition coefficient (Wildman–Crippen LogP) is 4.07. The zero-order chi connectivity index (χ0) is 28.9. The van der Waals surface area contributed by atoms with Crippen molar-refractivity contribution in [1.29, 1.82) is 0 Å². The summed E-state index contributed by atoms with van der Waals surface area (Å²) < 4.78 is 53.3. The van der Waals surface area contributed by atoms with Crippen LogP contribution in [0.1, 0.15) is 42.5 Å². The first-order valence-electron chi connectivity index (χ1n) is 12.9. The molecule has 2 aliphatic rings. The summed E-state index contributed by atoms with van der Waals surface area (Å²) in [6.07, 6.45) is -5.05. The van der Waals surface area contributed by atoms with E-state index in [0.29, 0.717) is 42.9 Å². The van der Waals surface area contributed by atoms with Gasteiger partial charge in [-0.15, -0.1) is 13.2 Å². The van der Waals surface area contributed by atoms with Crippen molar-refractivity contribution in [2.75, 3.05) is 33.2 Å². The van der Waals surface area contributed by atoms with Crippen LogP contribution < -0.4 is 4.74 Å². The Balaban J connectivity index is 1.47. The Labute approximate surface area is 229 Å². The van der Waals surface area contributed by atoms with Crippen LogP contribution in [0.2, 0.25) is 0 Å². The van der Waals surface area contributed by atoms with Gasteiger partial charge in [-0.05, 0) is 56.3 Å². The molecule has 214 valence electrons. The Bertz CT molecular complexity index is 1360. The van der Waals surface area contributed by atoms with Gasteiger partial charge in [0.2, 0.25) is 0 Å². The van der Waals surface area contributed by atoms with Crippen molar-refractivity contribution in [1.82, 2.24) is 19.9 Å². The summed E-state index contributed by atoms with van der Waals surface area (Å²) in [4.78, 5) is 21.0. The third-order valence-corrected chi connectivity index (χ3v) is 7.47. The van der Waals surface area contributed by atoms with Crippen molar-refractivity contribution in [3.05, 3.63) is 65.5 Å². The molecule has 40 heavy (non-hydrogen) atoms. The number of ether oxygens (including phenoxy) is 2. The van der Waals surface area contributed by atoms with E-state index in [-0.39, 0.29) is 35.6 Å². The fourth-order valence-electron chi connectivity index (χ4n) is 5.93. The number of hydrogen-bond donors (Lipinski definition) is 1. The molecule has 0 spiro atoms. The molecule has 3 heterocycles. The normalized spacial score (nSPS) is 22.9. The Morgan fingerprint density at radius 3 is 2.33 bits per heavy atom. The number of amides is 1. The van der Waals surface area contributed by atoms with Crippen LogP contribution in [0, 0.1) is 5.41 Å². The van der Waals surface area contributed by atoms with Crippen LogP contribution in [-0.2, 0) is 10.3 Å². The number of rotatable bonds is 6. The fourth-order valence-corrected chi connectivity index (χ4v) is 5.93. The van der Waals surface area contributed by atoms with Crippen molar-refractivity contribution in [2.24, 2.45) is 5.41 Å². The van der Waals surface area contributed by atoms with Gasteiger partial charge in [-0.25, -0.2) is 0 Å². The van der Waals surface area contributed by atoms with Crippen molar-refractivity contribution in [2.45, 2.75) is 44.9 Å². The Kier molecular flexibility index (Phi) is 7.13. The lowest BCUT2D eigenvalue weighted by Crippen LogP contribution is -2.63. The standard InChI is InChI=1S/C28H31F3N4O5/c1-17-13-35(14-18(2)38-17)25(36)23-32-24(40-33-23)19-6-5-7-21(12-19)27(37,26(3)15-34(4)16-26)20-8-10-22(11-9-20)39-28(29,30)31/h5-12,17-18,37H,13-16H2,1-4H3/t17?,18?,27-/m0/s1. The maximum Gasteiger partial charge on any atom is 0.573 e. The second-order valence-electron chi connectivity index (χ2n) is 11.0. The number of halogens is 3. The fraction of sp³-hybridized carbons (Fsp3) is 0.464. The molecule has 3 atom stereocenters. The van der Waals surface area contributed by atoms with Crippen LogP contribution in [0.3, 0.4) is 0 Å². The number of carbonyl (C=O) groups excluding carboxylic acids is 1. The number of likely N-dealkylation sites (tertiary alicyclic amines) is 1. The molecule has 2 aromatic carbocycles. The maximum absolute atomic E-state index is 13.0. The third kappa shape index (κ3) is 5.30. The number of aromatic nitrogens is 2. The number of carbonyl (C=O) groups is 1. The third-order valence-electron chi connectivity index (χ3n) is 7.47. The number of aliphatic hydroxyl groups is 1. The smallest absolute Gasteiger partial charge is 0.406 e. The van der Waals surface area contributed by atoms with Gasteiger partial charge in [0, 0.05) is 37.2 Å². The topological polar surface area (TPSA) is 101 Å². The zero-order valence-electron chi connectivity index (χ0n) is 22.6. The van der Waals surface area contributed by atoms with Gasteiger partial charge in [0.1, 0.15) is 11.4 Å². The van der Waals surface area contributed by atoms with Gasteiger partial charge in [0.25, 0.3) is 17.6 Å². The highest BCUT2D eigenvalue weighted by atomic mass is 19.4. The first kappa shape index (κ1) is 28.1. The highest BCUT2D eigenvalue weighted by Gasteiger charge is 2.55. The molecular weight excluding hydrogens is 529 g/mol. The largest absolute Gasteiger partial charge is 0.573 e. The van der Waals surface area contributed by atoms with E-state index in [9.17, 15) is 23.1 Å². The van der Waals surface area contributed by atoms with Crippen molar-refractivity contribution in [3.63, 3.8) is 0 Å². The first-order chi connectivity index (χ1) is 18.8. The average molecular weight is 561 g/mol. The van der Waals surface area contributed by atoms with E-state index in [1.165, 1.54) is 24.3 Å². The van der Waals surface area contributed by atoms with E-state index in [2.05, 4.69) is 14.9 Å². The molecule has 0 saturated carbocycles. The second kappa shape index (κ2) is 10.2. The van der Waals surface area contributed by atoms with E-state index in [4.69, 9.17) is 9.26 Å². The molecule has 2 fully saturated rings. The van der Waals surface area contributed by atoms with Crippen LogP contribution in [0.4, 0.5) is 13.2 Å². The van der Waals surface area contributed by atoms with Gasteiger partial charge in [-0.3, -0.25) is 4.79 Å². The van der Waals surface area contributed by atoms with E-state index in [0.717, 1.165) is 0 Å². The molecule has 2 saturated heterocycles. The van der Waals surface area contributed by atoms with Crippen LogP contribution in [0.25, 0.3) is 11.5 Å². The lowest BCUT2D eigenvalue weighted by molar-refractivity contribution is -0.274. The quantitative estimate of drug-likeness (QED) is 0.482. The van der Waals surface area contributed by atoms with E-state index in [1.807, 2.05) is 32.7 Å². The summed E-state index contributed by atoms with van der Waals surface area (Å²) >= 11 is 0. The van der Waals surface area contributed by atoms with Gasteiger partial charge >= 0.3 is 6.36 Å². The SMILES string of the molecule is CC1CN(C(=O)c2noc(-c3cccc([C@@](O)(c4ccc(OC(F)(F)F)cc4)C4(C)CN(C)C4)c3)n2)CC(C)O1. The molecule has 2 unspecified atom stereocenters. The molecule has 1 amide bonds. The van der Waals surface area contributed by atoms with Crippen LogP contribution in [0.15, 0.2) is 53.1 Å². The summed E-state index contributed by atoms with van der Waals surface area (Å²) in [6.45, 7) is 7.62.